The van der Waals surface area contributed by atoms with E-state index >= 15 is 0 Å². The van der Waals surface area contributed by atoms with Crippen LogP contribution in [0.5, 0.6) is 0 Å². The van der Waals surface area contributed by atoms with Gasteiger partial charge in [-0.3, -0.25) is 0 Å². The molecule has 95 valence electrons. The maximum absolute atomic E-state index is 3.06. The first kappa shape index (κ1) is 15.0. The minimum Gasteiger partial charge on any atom is -0.334 e. The molecule has 0 aliphatic heterocycles. The molecule has 0 saturated heterocycles. The minimum absolute atomic E-state index is 0. The second-order valence-corrected chi connectivity index (χ2v) is 4.26. The van der Waals surface area contributed by atoms with Gasteiger partial charge in [-0.2, -0.15) is 18.2 Å². The molecule has 0 unspecified atom stereocenters. The van der Waals surface area contributed by atoms with Gasteiger partial charge in [-0.15, -0.1) is 12.1 Å². The molecule has 0 bridgehead atoms. The molecule has 0 heterocycles. The molecule has 0 aliphatic rings. The van der Waals surface area contributed by atoms with Crippen molar-refractivity contribution in [3.05, 3.63) is 91.0 Å². The smallest absolute Gasteiger partial charge is 0.0438 e. The number of hydrogen-bond donors (Lipinski definition) is 0. The van der Waals surface area contributed by atoms with Crippen molar-refractivity contribution < 1.29 is 32.7 Å². The van der Waals surface area contributed by atoms with Gasteiger partial charge in [-0.05, 0) is 24.3 Å². The van der Waals surface area contributed by atoms with Crippen molar-refractivity contribution in [3.63, 3.8) is 0 Å². The predicted molar refractivity (Wildman–Crippen MR) is 80.0 cm³/mol. The SMILES string of the molecule is [Y].[c-]1ccc(N(c2ccccc2)c2ccccc2)cc1. The number of para-hydroxylation sites is 2. The summed E-state index contributed by atoms with van der Waals surface area (Å²) in [5.74, 6) is 0. The van der Waals surface area contributed by atoms with Crippen LogP contribution in [0.2, 0.25) is 0 Å². The van der Waals surface area contributed by atoms with Crippen molar-refractivity contribution in [1.82, 2.24) is 0 Å². The van der Waals surface area contributed by atoms with Gasteiger partial charge in [0.15, 0.2) is 0 Å². The molecule has 0 spiro atoms. The van der Waals surface area contributed by atoms with E-state index in [9.17, 15) is 0 Å². The standard InChI is InChI=1S/C18H14N.Y/c1-4-10-16(11-5-1)19(17-12-6-2-7-13-17)18-14-8-3-9-15-18;/h1-2,4-15H;/q-1;. The Morgan fingerprint density at radius 1 is 0.550 bits per heavy atom. The van der Waals surface area contributed by atoms with Crippen LogP contribution in [0.15, 0.2) is 84.9 Å². The molecule has 0 aliphatic carbocycles. The third kappa shape index (κ3) is 3.36. The fourth-order valence-corrected chi connectivity index (χ4v) is 2.13. The minimum atomic E-state index is 0. The predicted octanol–water partition coefficient (Wildman–Crippen LogP) is 4.95. The van der Waals surface area contributed by atoms with E-state index in [2.05, 4.69) is 71.6 Å². The molecular weight excluding hydrogens is 319 g/mol. The zero-order valence-electron chi connectivity index (χ0n) is 11.1. The normalized spacial score (nSPS) is 9.60. The maximum Gasteiger partial charge on any atom is 0.0438 e. The quantitative estimate of drug-likeness (QED) is 0.613. The summed E-state index contributed by atoms with van der Waals surface area (Å²) in [4.78, 5) is 2.23. The first-order chi connectivity index (χ1) is 9.45. The van der Waals surface area contributed by atoms with Crippen LogP contribution in [0, 0.1) is 6.07 Å². The third-order valence-electron chi connectivity index (χ3n) is 2.99. The molecule has 1 nitrogen and oxygen atoms in total. The summed E-state index contributed by atoms with van der Waals surface area (Å²) in [5.41, 5.74) is 3.44. The van der Waals surface area contributed by atoms with Gasteiger partial charge in [0.25, 0.3) is 0 Å². The number of benzene rings is 3. The van der Waals surface area contributed by atoms with Crippen LogP contribution in [0.1, 0.15) is 0 Å². The van der Waals surface area contributed by atoms with E-state index in [0.717, 1.165) is 17.1 Å². The number of rotatable bonds is 3. The number of anilines is 3. The van der Waals surface area contributed by atoms with Gasteiger partial charge in [-0.25, -0.2) is 0 Å². The fraction of sp³-hybridized carbons (Fsp3) is 0. The molecule has 0 atom stereocenters. The Balaban J connectivity index is 0.00000147. The Morgan fingerprint density at radius 3 is 1.40 bits per heavy atom. The second kappa shape index (κ2) is 7.37. The van der Waals surface area contributed by atoms with Gasteiger partial charge in [0.2, 0.25) is 0 Å². The van der Waals surface area contributed by atoms with E-state index in [4.69, 9.17) is 0 Å². The molecule has 2 heteroatoms. The van der Waals surface area contributed by atoms with Gasteiger partial charge in [0.1, 0.15) is 0 Å². The Kier molecular flexibility index (Phi) is 5.52. The van der Waals surface area contributed by atoms with Gasteiger partial charge in [-0.1, -0.05) is 42.1 Å². The molecule has 3 aromatic carbocycles. The molecule has 3 aromatic rings. The van der Waals surface area contributed by atoms with E-state index < -0.39 is 0 Å². The van der Waals surface area contributed by atoms with Crippen molar-refractivity contribution in [2.24, 2.45) is 0 Å². The van der Waals surface area contributed by atoms with Crippen molar-refractivity contribution in [3.8, 4) is 0 Å². The van der Waals surface area contributed by atoms with Crippen LogP contribution in [0.4, 0.5) is 17.1 Å². The fourth-order valence-electron chi connectivity index (χ4n) is 2.13. The Labute approximate surface area is 145 Å². The first-order valence-electron chi connectivity index (χ1n) is 6.31. The molecule has 20 heavy (non-hydrogen) atoms. The average molecular weight is 333 g/mol. The van der Waals surface area contributed by atoms with E-state index in [1.165, 1.54) is 0 Å². The summed E-state index contributed by atoms with van der Waals surface area (Å²) in [7, 11) is 0. The zero-order chi connectivity index (χ0) is 12.9. The molecule has 3 rings (SSSR count). The Hall–Kier alpha value is -1.44. The average Bonchev–Trinajstić information content (AvgIpc) is 2.51. The molecule has 0 aromatic heterocycles. The van der Waals surface area contributed by atoms with Crippen LogP contribution >= 0.6 is 0 Å². The molecule has 0 saturated carbocycles. The topological polar surface area (TPSA) is 3.24 Å². The molecular formula is C18H14NY-. The zero-order valence-corrected chi connectivity index (χ0v) is 13.9. The molecule has 0 N–H and O–H groups in total. The van der Waals surface area contributed by atoms with Crippen molar-refractivity contribution >= 4 is 17.1 Å². The summed E-state index contributed by atoms with van der Waals surface area (Å²) in [5, 5.41) is 0. The van der Waals surface area contributed by atoms with E-state index in [0.29, 0.717) is 0 Å². The Bertz CT molecular complexity index is 529. The van der Waals surface area contributed by atoms with Crippen LogP contribution < -0.4 is 4.90 Å². The molecule has 0 amide bonds. The summed E-state index contributed by atoms with van der Waals surface area (Å²) >= 11 is 0. The Morgan fingerprint density at radius 2 is 0.950 bits per heavy atom. The van der Waals surface area contributed by atoms with Crippen LogP contribution in [-0.2, 0) is 32.7 Å². The summed E-state index contributed by atoms with van der Waals surface area (Å²) in [6.45, 7) is 0. The monoisotopic (exact) mass is 333 g/mol. The van der Waals surface area contributed by atoms with E-state index in [-0.39, 0.29) is 32.7 Å². The number of nitrogens with zero attached hydrogens (tertiary/aromatic N) is 1. The molecule has 0 fully saturated rings. The van der Waals surface area contributed by atoms with E-state index in [1.807, 2.05) is 24.3 Å². The van der Waals surface area contributed by atoms with Crippen molar-refractivity contribution in [2.45, 2.75) is 0 Å². The third-order valence-corrected chi connectivity index (χ3v) is 2.99. The van der Waals surface area contributed by atoms with Crippen LogP contribution in [0.3, 0.4) is 0 Å². The summed E-state index contributed by atoms with van der Waals surface area (Å²) in [6, 6.07) is 31.8. The first-order valence-corrected chi connectivity index (χ1v) is 6.31. The van der Waals surface area contributed by atoms with Gasteiger partial charge in [0.05, 0.1) is 0 Å². The van der Waals surface area contributed by atoms with Gasteiger partial charge < -0.3 is 4.90 Å². The summed E-state index contributed by atoms with van der Waals surface area (Å²) < 4.78 is 0. The molecule has 1 radical (unpaired) electrons. The van der Waals surface area contributed by atoms with Crippen LogP contribution in [-0.4, -0.2) is 0 Å². The number of hydrogen-bond acceptors (Lipinski definition) is 1. The van der Waals surface area contributed by atoms with Crippen molar-refractivity contribution in [1.29, 1.82) is 0 Å². The van der Waals surface area contributed by atoms with Crippen LogP contribution in [0.25, 0.3) is 0 Å². The van der Waals surface area contributed by atoms with E-state index in [1.54, 1.807) is 0 Å². The largest absolute Gasteiger partial charge is 0.334 e. The summed E-state index contributed by atoms with van der Waals surface area (Å²) in [6.07, 6.45) is 0. The second-order valence-electron chi connectivity index (χ2n) is 4.26. The van der Waals surface area contributed by atoms with Gasteiger partial charge in [0, 0.05) is 44.1 Å². The van der Waals surface area contributed by atoms with Crippen molar-refractivity contribution in [2.75, 3.05) is 4.90 Å². The van der Waals surface area contributed by atoms with Gasteiger partial charge >= 0.3 is 0 Å². The maximum atomic E-state index is 3.06.